The molecule has 0 aliphatic heterocycles. The van der Waals surface area contributed by atoms with E-state index in [0.29, 0.717) is 11.6 Å². The summed E-state index contributed by atoms with van der Waals surface area (Å²) in [6, 6.07) is 10.2. The highest BCUT2D eigenvalue weighted by molar-refractivity contribution is 9.10. The van der Waals surface area contributed by atoms with E-state index in [1.807, 2.05) is 32.2 Å². The van der Waals surface area contributed by atoms with Crippen LogP contribution in [0.2, 0.25) is 5.02 Å². The quantitative estimate of drug-likeness (QED) is 0.610. The van der Waals surface area contributed by atoms with Gasteiger partial charge in [0.25, 0.3) is 0 Å². The van der Waals surface area contributed by atoms with Crippen molar-refractivity contribution in [1.29, 1.82) is 0 Å². The van der Waals surface area contributed by atoms with Gasteiger partial charge in [-0.3, -0.25) is 4.68 Å². The third-order valence-electron chi connectivity index (χ3n) is 3.99. The van der Waals surface area contributed by atoms with E-state index in [9.17, 15) is 4.39 Å². The molecular formula is C18H17BrClFN4. The van der Waals surface area contributed by atoms with Crippen molar-refractivity contribution < 1.29 is 4.39 Å². The first-order chi connectivity index (χ1) is 11.9. The predicted octanol–water partition coefficient (Wildman–Crippen LogP) is 5.15. The van der Waals surface area contributed by atoms with Gasteiger partial charge in [-0.05, 0) is 52.7 Å². The summed E-state index contributed by atoms with van der Waals surface area (Å²) in [6.07, 6.45) is 0. The number of nitrogens with zero attached hydrogens (tertiary/aromatic N) is 2. The predicted molar refractivity (Wildman–Crippen MR) is 104 cm³/mol. The summed E-state index contributed by atoms with van der Waals surface area (Å²) in [5, 5.41) is 8.24. The van der Waals surface area contributed by atoms with E-state index in [0.717, 1.165) is 38.4 Å². The Balaban J connectivity index is 2.16. The molecule has 3 N–H and O–H groups in total. The number of hydrogen-bond acceptors (Lipinski definition) is 3. The normalized spacial score (nSPS) is 11.0. The number of para-hydroxylation sites is 1. The summed E-state index contributed by atoms with van der Waals surface area (Å²) in [6.45, 7) is 2.29. The van der Waals surface area contributed by atoms with E-state index >= 15 is 0 Å². The molecule has 0 spiro atoms. The Morgan fingerprint density at radius 3 is 2.76 bits per heavy atom. The van der Waals surface area contributed by atoms with Crippen LogP contribution in [-0.2, 0) is 13.6 Å². The molecule has 0 unspecified atom stereocenters. The van der Waals surface area contributed by atoms with Crippen molar-refractivity contribution in [3.8, 4) is 11.1 Å². The van der Waals surface area contributed by atoms with Crippen molar-refractivity contribution in [2.45, 2.75) is 13.5 Å². The number of nitrogens with two attached hydrogens (primary N) is 1. The maximum atomic E-state index is 13.4. The molecule has 0 saturated heterocycles. The first kappa shape index (κ1) is 17.9. The molecule has 2 aromatic carbocycles. The number of aromatic nitrogens is 2. The second-order valence-electron chi connectivity index (χ2n) is 5.66. The van der Waals surface area contributed by atoms with Gasteiger partial charge in [0.2, 0.25) is 0 Å². The van der Waals surface area contributed by atoms with Gasteiger partial charge in [-0.2, -0.15) is 5.10 Å². The van der Waals surface area contributed by atoms with Crippen molar-refractivity contribution >= 4 is 39.0 Å². The molecule has 25 heavy (non-hydrogen) atoms. The van der Waals surface area contributed by atoms with Crippen LogP contribution in [0.5, 0.6) is 0 Å². The van der Waals surface area contributed by atoms with Crippen LogP contribution in [0, 0.1) is 12.7 Å². The smallest absolute Gasteiger partial charge is 0.136 e. The van der Waals surface area contributed by atoms with Crippen molar-refractivity contribution in [2.75, 3.05) is 5.32 Å². The number of aryl methyl sites for hydroxylation is 2. The second kappa shape index (κ2) is 7.15. The van der Waals surface area contributed by atoms with E-state index < -0.39 is 0 Å². The van der Waals surface area contributed by atoms with Gasteiger partial charge in [0.05, 0.1) is 16.4 Å². The standard InChI is InChI=1S/C18H17BrClFN4/c1-10-16(13-7-6-12(21)8-15(13)20)18(25(2)24-10)23-17-11(9-22)4-3-5-14(17)19/h3-8,23H,9,22H2,1-2H3. The largest absolute Gasteiger partial charge is 0.339 e. The van der Waals surface area contributed by atoms with Gasteiger partial charge in [0, 0.05) is 29.2 Å². The average Bonchev–Trinajstić information content (AvgIpc) is 2.83. The van der Waals surface area contributed by atoms with E-state index in [1.165, 1.54) is 12.1 Å². The van der Waals surface area contributed by atoms with Crippen molar-refractivity contribution in [1.82, 2.24) is 9.78 Å². The van der Waals surface area contributed by atoms with Crippen LogP contribution in [0.15, 0.2) is 40.9 Å². The lowest BCUT2D eigenvalue weighted by Crippen LogP contribution is -2.06. The molecule has 1 aromatic heterocycles. The SMILES string of the molecule is Cc1nn(C)c(Nc2c(Br)cccc2CN)c1-c1ccc(F)cc1Cl. The summed E-state index contributed by atoms with van der Waals surface area (Å²) < 4.78 is 16.1. The fourth-order valence-electron chi connectivity index (χ4n) is 2.81. The van der Waals surface area contributed by atoms with Gasteiger partial charge in [0.15, 0.2) is 0 Å². The van der Waals surface area contributed by atoms with Gasteiger partial charge in [-0.1, -0.05) is 23.7 Å². The summed E-state index contributed by atoms with van der Waals surface area (Å²) in [5.74, 6) is 0.383. The Labute approximate surface area is 158 Å². The molecule has 3 rings (SSSR count). The molecule has 0 saturated carbocycles. The minimum atomic E-state index is -0.374. The molecule has 0 bridgehead atoms. The van der Waals surface area contributed by atoms with Gasteiger partial charge in [-0.25, -0.2) is 4.39 Å². The lowest BCUT2D eigenvalue weighted by molar-refractivity contribution is 0.628. The number of rotatable bonds is 4. The van der Waals surface area contributed by atoms with E-state index in [-0.39, 0.29) is 5.82 Å². The lowest BCUT2D eigenvalue weighted by Gasteiger charge is -2.15. The Bertz CT molecular complexity index is 939. The van der Waals surface area contributed by atoms with E-state index in [2.05, 4.69) is 26.3 Å². The molecule has 0 aliphatic rings. The van der Waals surface area contributed by atoms with Crippen LogP contribution in [-0.4, -0.2) is 9.78 Å². The van der Waals surface area contributed by atoms with Crippen LogP contribution in [0.4, 0.5) is 15.9 Å². The zero-order chi connectivity index (χ0) is 18.1. The maximum absolute atomic E-state index is 13.4. The first-order valence-corrected chi connectivity index (χ1v) is 8.83. The van der Waals surface area contributed by atoms with E-state index in [4.69, 9.17) is 17.3 Å². The molecule has 3 aromatic rings. The zero-order valence-electron chi connectivity index (χ0n) is 13.8. The minimum absolute atomic E-state index is 0.338. The number of hydrogen-bond donors (Lipinski definition) is 2. The molecule has 4 nitrogen and oxygen atoms in total. The van der Waals surface area contributed by atoms with Crippen LogP contribution >= 0.6 is 27.5 Å². The molecular weight excluding hydrogens is 407 g/mol. The molecule has 0 aliphatic carbocycles. The van der Waals surface area contributed by atoms with Crippen molar-refractivity contribution in [2.24, 2.45) is 12.8 Å². The Hall–Kier alpha value is -1.89. The van der Waals surface area contributed by atoms with Crippen molar-refractivity contribution in [3.05, 3.63) is 63.0 Å². The van der Waals surface area contributed by atoms with Crippen LogP contribution in [0.1, 0.15) is 11.3 Å². The average molecular weight is 424 g/mol. The summed E-state index contributed by atoms with van der Waals surface area (Å²) in [5.41, 5.74) is 10.0. The third kappa shape index (κ3) is 3.42. The van der Waals surface area contributed by atoms with Gasteiger partial charge in [0.1, 0.15) is 11.6 Å². The van der Waals surface area contributed by atoms with E-state index in [1.54, 1.807) is 10.7 Å². The summed E-state index contributed by atoms with van der Waals surface area (Å²) >= 11 is 9.83. The number of benzene rings is 2. The molecule has 7 heteroatoms. The first-order valence-electron chi connectivity index (χ1n) is 7.66. The van der Waals surface area contributed by atoms with Crippen molar-refractivity contribution in [3.63, 3.8) is 0 Å². The lowest BCUT2D eigenvalue weighted by atomic mass is 10.0. The van der Waals surface area contributed by atoms with Crippen LogP contribution in [0.3, 0.4) is 0 Å². The highest BCUT2D eigenvalue weighted by atomic mass is 79.9. The Kier molecular flexibility index (Phi) is 5.13. The summed E-state index contributed by atoms with van der Waals surface area (Å²) in [7, 11) is 1.84. The number of anilines is 2. The molecule has 1 heterocycles. The highest BCUT2D eigenvalue weighted by Crippen LogP contribution is 2.39. The van der Waals surface area contributed by atoms with Crippen LogP contribution < -0.4 is 11.1 Å². The molecule has 0 fully saturated rings. The number of nitrogens with one attached hydrogen (secondary N) is 1. The Morgan fingerprint density at radius 1 is 1.32 bits per heavy atom. The monoisotopic (exact) mass is 422 g/mol. The minimum Gasteiger partial charge on any atom is -0.339 e. The zero-order valence-corrected chi connectivity index (χ0v) is 16.1. The summed E-state index contributed by atoms with van der Waals surface area (Å²) in [4.78, 5) is 0. The molecule has 0 radical (unpaired) electrons. The van der Waals surface area contributed by atoms with Gasteiger partial charge in [-0.15, -0.1) is 0 Å². The van der Waals surface area contributed by atoms with Gasteiger partial charge >= 0.3 is 0 Å². The maximum Gasteiger partial charge on any atom is 0.136 e. The number of halogens is 3. The Morgan fingerprint density at radius 2 is 2.08 bits per heavy atom. The molecule has 130 valence electrons. The fourth-order valence-corrected chi connectivity index (χ4v) is 3.58. The molecule has 0 amide bonds. The van der Waals surface area contributed by atoms with Gasteiger partial charge < -0.3 is 11.1 Å². The second-order valence-corrected chi connectivity index (χ2v) is 6.92. The molecule has 0 atom stereocenters. The third-order valence-corrected chi connectivity index (χ3v) is 4.96. The van der Waals surface area contributed by atoms with Crippen LogP contribution in [0.25, 0.3) is 11.1 Å². The fraction of sp³-hybridized carbons (Fsp3) is 0.167. The topological polar surface area (TPSA) is 55.9 Å². The highest BCUT2D eigenvalue weighted by Gasteiger charge is 2.19.